The molecular formula is C34H45N7O8. The molecule has 0 radical (unpaired) electrons. The van der Waals surface area contributed by atoms with E-state index in [1.807, 2.05) is 0 Å². The molecule has 0 saturated carbocycles. The molecule has 15 nitrogen and oxygen atoms in total. The summed E-state index contributed by atoms with van der Waals surface area (Å²) in [5.74, 6) is -0.0942. The number of nitriles is 1. The van der Waals surface area contributed by atoms with Gasteiger partial charge in [-0.15, -0.1) is 0 Å². The highest BCUT2D eigenvalue weighted by Crippen LogP contribution is 2.29. The van der Waals surface area contributed by atoms with Crippen LogP contribution < -0.4 is 15.4 Å². The number of carbonyl (C=O) groups is 3. The Hall–Kier alpha value is -4.81. The van der Waals surface area contributed by atoms with Crippen molar-refractivity contribution in [2.24, 2.45) is 5.92 Å². The molecule has 0 aliphatic carbocycles. The molecular weight excluding hydrogens is 634 g/mol. The Morgan fingerprint density at radius 1 is 1.08 bits per heavy atom. The maximum Gasteiger partial charge on any atom is 0.328 e. The Kier molecular flexibility index (Phi) is 13.3. The van der Waals surface area contributed by atoms with Crippen LogP contribution in [0.2, 0.25) is 0 Å². The molecule has 3 aromatic heterocycles. The number of fused-ring (bicyclic) bond motifs is 1. The van der Waals surface area contributed by atoms with E-state index in [1.54, 1.807) is 63.7 Å². The lowest BCUT2D eigenvalue weighted by Gasteiger charge is -2.24. The average Bonchev–Trinajstić information content (AvgIpc) is 3.47. The molecule has 0 spiro atoms. The van der Waals surface area contributed by atoms with Crippen LogP contribution in [0.25, 0.3) is 17.0 Å². The lowest BCUT2D eigenvalue weighted by atomic mass is 10.0. The summed E-state index contributed by atoms with van der Waals surface area (Å²) in [4.78, 5) is 50.7. The zero-order valence-corrected chi connectivity index (χ0v) is 28.7. The van der Waals surface area contributed by atoms with Crippen molar-refractivity contribution in [3.63, 3.8) is 0 Å². The molecule has 1 aliphatic heterocycles. The monoisotopic (exact) mass is 679 g/mol. The fraction of sp³-hybridized carbons (Fsp3) is 0.559. The summed E-state index contributed by atoms with van der Waals surface area (Å²) in [6.07, 6.45) is 4.58. The number of anilines is 1. The number of amides is 1. The van der Waals surface area contributed by atoms with Gasteiger partial charge in [-0.3, -0.25) is 14.2 Å². The fourth-order valence-corrected chi connectivity index (χ4v) is 4.89. The maximum absolute atomic E-state index is 12.7. The van der Waals surface area contributed by atoms with Crippen molar-refractivity contribution in [2.75, 3.05) is 45.0 Å². The van der Waals surface area contributed by atoms with Gasteiger partial charge in [0.1, 0.15) is 48.6 Å². The number of imidazole rings is 1. The molecule has 1 saturated heterocycles. The van der Waals surface area contributed by atoms with Gasteiger partial charge in [0.05, 0.1) is 25.2 Å². The SMILES string of the molecule is CC(C)[C@H](NC(=O)CCC(=O)OC(C)(C)C)C(=O)OCCOCCOc1cc2ncn(-c3ccc(C#N)cn3)c2nc1NC1CCOCC1. The Bertz CT molecular complexity index is 1610. The summed E-state index contributed by atoms with van der Waals surface area (Å²) in [6.45, 7) is 10.7. The Morgan fingerprint density at radius 3 is 2.51 bits per heavy atom. The van der Waals surface area contributed by atoms with E-state index >= 15 is 0 Å². The quantitative estimate of drug-likeness (QED) is 0.166. The summed E-state index contributed by atoms with van der Waals surface area (Å²) < 4.78 is 29.5. The molecule has 1 amide bonds. The van der Waals surface area contributed by atoms with E-state index < -0.39 is 29.5 Å². The molecule has 0 bridgehead atoms. The van der Waals surface area contributed by atoms with Crippen molar-refractivity contribution in [2.45, 2.75) is 78.0 Å². The van der Waals surface area contributed by atoms with Gasteiger partial charge < -0.3 is 34.3 Å². The number of rotatable bonds is 16. The second kappa shape index (κ2) is 17.5. The topological polar surface area (TPSA) is 189 Å². The summed E-state index contributed by atoms with van der Waals surface area (Å²) in [5, 5.41) is 15.3. The Morgan fingerprint density at radius 2 is 1.84 bits per heavy atom. The summed E-state index contributed by atoms with van der Waals surface area (Å²) in [6, 6.07) is 6.58. The molecule has 3 aromatic rings. The van der Waals surface area contributed by atoms with E-state index in [-0.39, 0.29) is 51.2 Å². The van der Waals surface area contributed by atoms with E-state index in [1.165, 1.54) is 6.20 Å². The van der Waals surface area contributed by atoms with Gasteiger partial charge >= 0.3 is 11.9 Å². The molecule has 49 heavy (non-hydrogen) atoms. The standard InChI is InChI=1S/C34H45N7O8/c1-22(2)30(39-28(42)8-9-29(43)49-34(3,4)5)33(44)48-17-15-46-14-16-47-26-18-25-32(40-31(26)38-24-10-12-45-13-11-24)41(21-37-25)27-7-6-23(19-35)20-36-27/h6-7,18,20-22,24,30H,8-17H2,1-5H3,(H,38,40)(H,39,42)/t30-/m0/s1. The van der Waals surface area contributed by atoms with Gasteiger partial charge in [-0.05, 0) is 51.7 Å². The number of ether oxygens (including phenoxy) is 5. The fourth-order valence-electron chi connectivity index (χ4n) is 4.89. The minimum absolute atomic E-state index is 0.0132. The first-order valence-electron chi connectivity index (χ1n) is 16.4. The van der Waals surface area contributed by atoms with Gasteiger partial charge in [-0.2, -0.15) is 5.26 Å². The van der Waals surface area contributed by atoms with Gasteiger partial charge in [0.2, 0.25) is 5.91 Å². The number of esters is 2. The van der Waals surface area contributed by atoms with Crippen LogP contribution in [0, 0.1) is 17.2 Å². The number of carbonyl (C=O) groups excluding carboxylic acids is 3. The third-order valence-corrected chi connectivity index (χ3v) is 7.34. The highest BCUT2D eigenvalue weighted by atomic mass is 16.6. The van der Waals surface area contributed by atoms with Crippen LogP contribution in [-0.2, 0) is 33.3 Å². The summed E-state index contributed by atoms with van der Waals surface area (Å²) >= 11 is 0. The maximum atomic E-state index is 12.7. The highest BCUT2D eigenvalue weighted by Gasteiger charge is 2.26. The lowest BCUT2D eigenvalue weighted by molar-refractivity contribution is -0.155. The lowest BCUT2D eigenvalue weighted by Crippen LogP contribution is -2.45. The minimum atomic E-state index is -0.866. The van der Waals surface area contributed by atoms with Gasteiger partial charge in [0, 0.05) is 37.9 Å². The van der Waals surface area contributed by atoms with Crippen molar-refractivity contribution in [1.29, 1.82) is 5.26 Å². The third kappa shape index (κ3) is 11.4. The van der Waals surface area contributed by atoms with Gasteiger partial charge in [-0.25, -0.2) is 19.7 Å². The van der Waals surface area contributed by atoms with Crippen molar-refractivity contribution in [3.05, 3.63) is 36.3 Å². The molecule has 4 rings (SSSR count). The van der Waals surface area contributed by atoms with Crippen LogP contribution >= 0.6 is 0 Å². The number of hydrogen-bond acceptors (Lipinski definition) is 13. The van der Waals surface area contributed by atoms with Crippen LogP contribution in [-0.4, -0.2) is 94.7 Å². The van der Waals surface area contributed by atoms with Crippen LogP contribution in [0.1, 0.15) is 65.9 Å². The molecule has 1 fully saturated rings. The van der Waals surface area contributed by atoms with Crippen LogP contribution in [0.4, 0.5) is 5.82 Å². The number of aromatic nitrogens is 4. The molecule has 2 N–H and O–H groups in total. The van der Waals surface area contributed by atoms with Crippen molar-refractivity contribution in [1.82, 2.24) is 24.8 Å². The van der Waals surface area contributed by atoms with Crippen LogP contribution in [0.3, 0.4) is 0 Å². The highest BCUT2D eigenvalue weighted by molar-refractivity contribution is 5.86. The predicted octanol–water partition coefficient (Wildman–Crippen LogP) is 3.48. The molecule has 0 unspecified atom stereocenters. The number of nitrogens with zero attached hydrogens (tertiary/aromatic N) is 5. The number of hydrogen-bond donors (Lipinski definition) is 2. The van der Waals surface area contributed by atoms with Gasteiger partial charge in [-0.1, -0.05) is 13.8 Å². The largest absolute Gasteiger partial charge is 0.487 e. The molecule has 4 heterocycles. The summed E-state index contributed by atoms with van der Waals surface area (Å²) in [7, 11) is 0. The normalized spacial score (nSPS) is 14.2. The first kappa shape index (κ1) is 37.0. The van der Waals surface area contributed by atoms with Gasteiger partial charge in [0.15, 0.2) is 17.2 Å². The Labute approximate surface area is 285 Å². The van der Waals surface area contributed by atoms with Crippen molar-refractivity contribution in [3.8, 4) is 17.6 Å². The van der Waals surface area contributed by atoms with Crippen LogP contribution in [0.5, 0.6) is 5.75 Å². The Balaban J connectivity index is 1.27. The van der Waals surface area contributed by atoms with E-state index in [4.69, 9.17) is 33.9 Å². The van der Waals surface area contributed by atoms with E-state index in [0.717, 1.165) is 12.8 Å². The first-order valence-corrected chi connectivity index (χ1v) is 16.4. The molecule has 0 aromatic carbocycles. The minimum Gasteiger partial charge on any atom is -0.487 e. The molecule has 1 aliphatic rings. The second-order valence-corrected chi connectivity index (χ2v) is 12.8. The van der Waals surface area contributed by atoms with E-state index in [9.17, 15) is 14.4 Å². The third-order valence-electron chi connectivity index (χ3n) is 7.34. The molecule has 15 heteroatoms. The number of pyridine rings is 2. The van der Waals surface area contributed by atoms with Crippen molar-refractivity contribution < 1.29 is 38.1 Å². The van der Waals surface area contributed by atoms with Crippen molar-refractivity contribution >= 4 is 34.8 Å². The second-order valence-electron chi connectivity index (χ2n) is 12.8. The predicted molar refractivity (Wildman–Crippen MR) is 178 cm³/mol. The average molecular weight is 680 g/mol. The van der Waals surface area contributed by atoms with Crippen LogP contribution in [0.15, 0.2) is 30.7 Å². The van der Waals surface area contributed by atoms with Gasteiger partial charge in [0.25, 0.3) is 0 Å². The molecule has 264 valence electrons. The van der Waals surface area contributed by atoms with E-state index in [0.29, 0.717) is 47.3 Å². The zero-order chi connectivity index (χ0) is 35.4. The van der Waals surface area contributed by atoms with E-state index in [2.05, 4.69) is 26.7 Å². The summed E-state index contributed by atoms with van der Waals surface area (Å²) in [5.41, 5.74) is 0.996. The molecule has 1 atom stereocenters. The number of nitrogens with one attached hydrogen (secondary N) is 2. The zero-order valence-electron chi connectivity index (χ0n) is 28.7. The smallest absolute Gasteiger partial charge is 0.328 e. The first-order chi connectivity index (χ1) is 23.4.